The highest BCUT2D eigenvalue weighted by atomic mass is 79.9. The molecule has 0 bridgehead atoms. The maximum absolute atomic E-state index is 11.4. The van der Waals surface area contributed by atoms with Gasteiger partial charge in [0, 0.05) is 18.8 Å². The summed E-state index contributed by atoms with van der Waals surface area (Å²) in [7, 11) is 0. The van der Waals surface area contributed by atoms with Gasteiger partial charge in [0.1, 0.15) is 0 Å². The van der Waals surface area contributed by atoms with Gasteiger partial charge >= 0.3 is 5.97 Å². The van der Waals surface area contributed by atoms with Gasteiger partial charge in [0.2, 0.25) is 0 Å². The first-order chi connectivity index (χ1) is 9.62. The molecular weight excluding hydrogens is 470 g/mol. The fourth-order valence-electron chi connectivity index (χ4n) is 1.99. The van der Waals surface area contributed by atoms with E-state index in [2.05, 4.69) is 58.1 Å². The van der Waals surface area contributed by atoms with Crippen LogP contribution in [0.25, 0.3) is 5.69 Å². The van der Waals surface area contributed by atoms with Crippen LogP contribution in [0.2, 0.25) is 0 Å². The fraction of sp³-hybridized carbons (Fsp3) is 0.308. The van der Waals surface area contributed by atoms with Crippen LogP contribution >= 0.6 is 47.8 Å². The van der Waals surface area contributed by atoms with Crippen molar-refractivity contribution in [3.8, 4) is 5.69 Å². The maximum atomic E-state index is 11.4. The van der Waals surface area contributed by atoms with E-state index in [1.54, 1.807) is 4.68 Å². The molecule has 21 heavy (non-hydrogen) atoms. The van der Waals surface area contributed by atoms with E-state index in [1.807, 2.05) is 32.9 Å². The molecule has 0 aliphatic carbocycles. The summed E-state index contributed by atoms with van der Waals surface area (Å²) in [4.78, 5) is 11.4. The van der Waals surface area contributed by atoms with Crippen LogP contribution in [0.4, 0.5) is 0 Å². The molecule has 0 radical (unpaired) electrons. The van der Waals surface area contributed by atoms with Gasteiger partial charge in [-0.25, -0.2) is 9.48 Å². The van der Waals surface area contributed by atoms with Crippen molar-refractivity contribution >= 4 is 53.8 Å². The molecule has 0 saturated carbocycles. The third-order valence-electron chi connectivity index (χ3n) is 2.78. The van der Waals surface area contributed by atoms with E-state index in [4.69, 9.17) is 0 Å². The lowest BCUT2D eigenvalue weighted by atomic mass is 9.90. The normalized spacial score (nSPS) is 11.7. The van der Waals surface area contributed by atoms with Crippen molar-refractivity contribution in [3.05, 3.63) is 36.9 Å². The molecule has 0 amide bonds. The summed E-state index contributed by atoms with van der Waals surface area (Å²) in [6.45, 7) is 5.78. The van der Waals surface area contributed by atoms with Gasteiger partial charge in [-0.3, -0.25) is 0 Å². The quantitative estimate of drug-likeness (QED) is 0.683. The Hall–Kier alpha value is -0.730. The molecule has 0 fully saturated rings. The molecular formula is C13H12Br3N3O2. The zero-order chi connectivity index (χ0) is 15.9. The number of rotatable bonds is 2. The highest BCUT2D eigenvalue weighted by Crippen LogP contribution is 2.36. The Morgan fingerprint density at radius 2 is 1.71 bits per heavy atom. The molecule has 8 heteroatoms. The minimum Gasteiger partial charge on any atom is -0.476 e. The molecule has 0 spiro atoms. The number of carboxylic acids is 1. The average Bonchev–Trinajstić information content (AvgIpc) is 2.71. The molecule has 1 aromatic heterocycles. The highest BCUT2D eigenvalue weighted by Gasteiger charge is 2.30. The van der Waals surface area contributed by atoms with Gasteiger partial charge in [-0.2, -0.15) is 0 Å². The lowest BCUT2D eigenvalue weighted by molar-refractivity contribution is 0.0687. The highest BCUT2D eigenvalue weighted by molar-refractivity contribution is 9.11. The smallest absolute Gasteiger partial charge is 0.358 e. The number of benzene rings is 1. The van der Waals surface area contributed by atoms with Gasteiger partial charge in [-0.05, 0) is 44.0 Å². The Labute approximate surface area is 147 Å². The molecule has 1 heterocycles. The predicted octanol–water partition coefficient (Wildman–Crippen LogP) is 4.55. The van der Waals surface area contributed by atoms with Gasteiger partial charge in [0.05, 0.1) is 11.4 Å². The summed E-state index contributed by atoms with van der Waals surface area (Å²) in [5, 5.41) is 17.2. The van der Waals surface area contributed by atoms with Crippen LogP contribution < -0.4 is 0 Å². The Balaban J connectivity index is 2.80. The zero-order valence-electron chi connectivity index (χ0n) is 11.5. The molecule has 0 aliphatic heterocycles. The molecule has 0 unspecified atom stereocenters. The summed E-state index contributed by atoms with van der Waals surface area (Å²) >= 11 is 10.4. The summed E-state index contributed by atoms with van der Waals surface area (Å²) in [6.07, 6.45) is 0. The van der Waals surface area contributed by atoms with Crippen molar-refractivity contribution in [2.75, 3.05) is 0 Å². The second-order valence-electron chi connectivity index (χ2n) is 5.47. The summed E-state index contributed by atoms with van der Waals surface area (Å²) in [6, 6.07) is 3.74. The fourth-order valence-corrected chi connectivity index (χ4v) is 4.59. The first kappa shape index (κ1) is 16.6. The lowest BCUT2D eigenvalue weighted by Gasteiger charge is -2.21. The van der Waals surface area contributed by atoms with Crippen LogP contribution in [0.3, 0.4) is 0 Å². The molecule has 5 nitrogen and oxygen atoms in total. The number of hydrogen-bond acceptors (Lipinski definition) is 3. The van der Waals surface area contributed by atoms with Gasteiger partial charge in [-0.1, -0.05) is 41.9 Å². The van der Waals surface area contributed by atoms with Crippen molar-refractivity contribution in [1.82, 2.24) is 15.0 Å². The Bertz CT molecular complexity index is 697. The summed E-state index contributed by atoms with van der Waals surface area (Å²) in [5.41, 5.74) is 0.787. The lowest BCUT2D eigenvalue weighted by Crippen LogP contribution is -2.21. The van der Waals surface area contributed by atoms with Gasteiger partial charge < -0.3 is 5.11 Å². The van der Waals surface area contributed by atoms with Gasteiger partial charge in [0.15, 0.2) is 5.69 Å². The Kier molecular flexibility index (Phi) is 4.60. The van der Waals surface area contributed by atoms with Crippen LogP contribution in [0, 0.1) is 0 Å². The largest absolute Gasteiger partial charge is 0.476 e. The predicted molar refractivity (Wildman–Crippen MR) is 90.1 cm³/mol. The topological polar surface area (TPSA) is 68.0 Å². The van der Waals surface area contributed by atoms with Crippen molar-refractivity contribution in [2.24, 2.45) is 0 Å². The van der Waals surface area contributed by atoms with Gasteiger partial charge in [0.25, 0.3) is 0 Å². The molecule has 2 rings (SSSR count). The van der Waals surface area contributed by atoms with Crippen LogP contribution in [0.15, 0.2) is 25.6 Å². The second kappa shape index (κ2) is 5.81. The number of carboxylic acid groups (broad SMARTS) is 1. The van der Waals surface area contributed by atoms with Crippen LogP contribution in [-0.2, 0) is 5.41 Å². The van der Waals surface area contributed by atoms with Gasteiger partial charge in [-0.15, -0.1) is 5.10 Å². The van der Waals surface area contributed by atoms with Crippen LogP contribution in [-0.4, -0.2) is 26.1 Å². The molecule has 112 valence electrons. The number of halogens is 3. The first-order valence-corrected chi connectivity index (χ1v) is 8.35. The molecule has 0 atom stereocenters. The van der Waals surface area contributed by atoms with E-state index in [0.29, 0.717) is 11.4 Å². The van der Waals surface area contributed by atoms with Crippen LogP contribution in [0.1, 0.15) is 37.0 Å². The molecule has 0 saturated heterocycles. The number of hydrogen-bond donors (Lipinski definition) is 1. The van der Waals surface area contributed by atoms with E-state index in [0.717, 1.165) is 13.4 Å². The SMILES string of the molecule is CC(C)(C)c1c(C(=O)O)nnn1-c1c(Br)cc(Br)cc1Br. The first-order valence-electron chi connectivity index (χ1n) is 5.97. The molecule has 0 aliphatic rings. The maximum Gasteiger partial charge on any atom is 0.358 e. The number of nitrogens with zero attached hydrogens (tertiary/aromatic N) is 3. The van der Waals surface area contributed by atoms with E-state index >= 15 is 0 Å². The van der Waals surface area contributed by atoms with E-state index in [9.17, 15) is 9.90 Å². The summed E-state index contributed by atoms with van der Waals surface area (Å²) in [5.74, 6) is -1.09. The molecule has 1 N–H and O–H groups in total. The number of carbonyl (C=O) groups is 1. The van der Waals surface area contributed by atoms with Crippen LogP contribution in [0.5, 0.6) is 0 Å². The third-order valence-corrected chi connectivity index (χ3v) is 4.44. The van der Waals surface area contributed by atoms with Crippen molar-refractivity contribution in [3.63, 3.8) is 0 Å². The van der Waals surface area contributed by atoms with Crippen molar-refractivity contribution in [2.45, 2.75) is 26.2 Å². The minimum atomic E-state index is -1.09. The summed E-state index contributed by atoms with van der Waals surface area (Å²) < 4.78 is 4.00. The van der Waals surface area contributed by atoms with Crippen molar-refractivity contribution < 1.29 is 9.90 Å². The standard InChI is InChI=1S/C13H12Br3N3O2/c1-13(2,3)11-9(12(20)21)17-18-19(11)10-7(15)4-6(14)5-8(10)16/h4-5H,1-3H3,(H,20,21). The average molecular weight is 482 g/mol. The third kappa shape index (κ3) is 3.22. The zero-order valence-corrected chi connectivity index (χ0v) is 16.2. The number of aromatic carboxylic acids is 1. The number of aromatic nitrogens is 3. The monoisotopic (exact) mass is 479 g/mol. The second-order valence-corrected chi connectivity index (χ2v) is 8.10. The Morgan fingerprint density at radius 1 is 1.19 bits per heavy atom. The minimum absolute atomic E-state index is 0.0378. The molecule has 2 aromatic rings. The Morgan fingerprint density at radius 3 is 2.14 bits per heavy atom. The van der Waals surface area contributed by atoms with E-state index in [-0.39, 0.29) is 5.69 Å². The van der Waals surface area contributed by atoms with Crippen molar-refractivity contribution in [1.29, 1.82) is 0 Å². The molecule has 1 aromatic carbocycles. The van der Waals surface area contributed by atoms with E-state index < -0.39 is 11.4 Å². The van der Waals surface area contributed by atoms with E-state index in [1.165, 1.54) is 0 Å².